The number of hydrogen-bond donors (Lipinski definition) is 0. The molecule has 1 rings (SSSR count). The van der Waals surface area contributed by atoms with Crippen LogP contribution in [0, 0.1) is 33.3 Å². The molecule has 0 spiro atoms. The summed E-state index contributed by atoms with van der Waals surface area (Å²) in [6.45, 7) is 24.7. The van der Waals surface area contributed by atoms with Gasteiger partial charge >= 0.3 is 56.5 Å². The molecule has 17 heavy (non-hydrogen) atoms. The Bertz CT molecular complexity index is 249. The summed E-state index contributed by atoms with van der Waals surface area (Å²) in [5, 5.41) is 0. The summed E-state index contributed by atoms with van der Waals surface area (Å²) in [5.74, 6) is 4.46. The van der Waals surface area contributed by atoms with Gasteiger partial charge in [-0.25, -0.2) is 0 Å². The minimum atomic E-state index is 0. The first-order chi connectivity index (χ1) is 7.89. The van der Waals surface area contributed by atoms with Crippen molar-refractivity contribution in [2.45, 2.75) is 0 Å². The van der Waals surface area contributed by atoms with Crippen LogP contribution in [0.5, 0.6) is 0 Å². The molecule has 0 atom stereocenters. The van der Waals surface area contributed by atoms with Crippen LogP contribution in [0.25, 0.3) is 0 Å². The van der Waals surface area contributed by atoms with Crippen molar-refractivity contribution in [3.63, 3.8) is 0 Å². The molecule has 0 N–H and O–H groups in total. The second-order valence-electron chi connectivity index (χ2n) is 1.35. The van der Waals surface area contributed by atoms with E-state index in [0.29, 0.717) is 0 Å². The summed E-state index contributed by atoms with van der Waals surface area (Å²) in [4.78, 5) is 0. The van der Waals surface area contributed by atoms with E-state index in [1.807, 2.05) is 0 Å². The topological polar surface area (TPSA) is 99.5 Å². The maximum absolute atomic E-state index is 7.50. The van der Waals surface area contributed by atoms with Gasteiger partial charge in [0.2, 0.25) is 0 Å². The van der Waals surface area contributed by atoms with E-state index in [2.05, 4.69) is 63.6 Å². The van der Waals surface area contributed by atoms with Crippen molar-refractivity contribution in [1.82, 2.24) is 0 Å². The number of hydrogen-bond acceptors (Lipinski definition) is 0. The number of rotatable bonds is 0. The zero-order valence-electron chi connectivity index (χ0n) is 8.71. The van der Waals surface area contributed by atoms with E-state index in [1.54, 1.807) is 0 Å². The molecular weight excluding hydrogens is 327 g/mol. The average molecular weight is 334 g/mol. The third-order valence-corrected chi connectivity index (χ3v) is 2.04. The monoisotopic (exact) mass is 336 g/mol. The normalized spacial score (nSPS) is 3.71. The molecule has 7 heteroatoms. The average Bonchev–Trinajstić information content (AvgIpc) is 2.92. The quantitative estimate of drug-likeness (QED) is 0.394. The van der Waals surface area contributed by atoms with E-state index < -0.39 is 0 Å². The predicted molar refractivity (Wildman–Crippen MR) is 49.8 cm³/mol. The van der Waals surface area contributed by atoms with E-state index in [9.17, 15) is 0 Å². The molecule has 1 aromatic heterocycles. The summed E-state index contributed by atoms with van der Waals surface area (Å²) in [6, 6.07) is 4.21. The Morgan fingerprint density at radius 3 is 0.882 bits per heavy atom. The first-order valence-corrected chi connectivity index (χ1v) is 4.91. The summed E-state index contributed by atoms with van der Waals surface area (Å²) < 4.78 is 37.5. The van der Waals surface area contributed by atoms with Gasteiger partial charge in [-0.2, -0.15) is 0 Å². The van der Waals surface area contributed by atoms with Crippen molar-refractivity contribution in [1.29, 1.82) is 0 Å². The molecule has 0 aliphatic heterocycles. The van der Waals surface area contributed by atoms with Crippen LogP contribution < -0.4 is 0 Å². The molecule has 0 bridgehead atoms. The fraction of sp³-hybridized carbons (Fsp3) is 0.100. The fourth-order valence-corrected chi connectivity index (χ4v) is 1.26. The fourth-order valence-electron chi connectivity index (χ4n) is 0.421. The van der Waals surface area contributed by atoms with Gasteiger partial charge in [0.15, 0.2) is 0 Å². The van der Waals surface area contributed by atoms with Crippen LogP contribution in [0.4, 0.5) is 0 Å². The molecule has 0 aliphatic rings. The van der Waals surface area contributed by atoms with Gasteiger partial charge in [-0.05, 0) is 18.3 Å². The molecule has 1 aromatic rings. The van der Waals surface area contributed by atoms with Gasteiger partial charge in [0.1, 0.15) is 0 Å². The third-order valence-electron chi connectivity index (χ3n) is 0.754. The van der Waals surface area contributed by atoms with Crippen molar-refractivity contribution in [3.8, 4) is 0 Å². The molecule has 0 saturated carbocycles. The Balaban J connectivity index is -0.0000000242. The first kappa shape index (κ1) is 36.0. The van der Waals surface area contributed by atoms with Crippen LogP contribution in [0.1, 0.15) is 0 Å². The summed E-state index contributed by atoms with van der Waals surface area (Å²) >= 11 is 0. The van der Waals surface area contributed by atoms with Crippen molar-refractivity contribution in [2.75, 3.05) is 0 Å². The van der Waals surface area contributed by atoms with E-state index in [-0.39, 0.29) is 28.6 Å². The third kappa shape index (κ3) is 69.1. The number of aryl methyl sites for hydroxylation is 1. The largest absolute Gasteiger partial charge is 0 e. The van der Waals surface area contributed by atoms with Gasteiger partial charge in [0.25, 0.3) is 0 Å². The standard InChI is InChI=1S/C5H7P.5CO.Mo/c1-6-4-2-3-5-6;5*1-2;/h2-5H,1H3;;;;;;. The molecule has 0 aromatic carbocycles. The smallest absolute Gasteiger partial charge is 0 e. The van der Waals surface area contributed by atoms with Gasteiger partial charge in [-0.1, -0.05) is 12.1 Å². The molecule has 1 heterocycles. The van der Waals surface area contributed by atoms with Crippen LogP contribution in [0.3, 0.4) is 0 Å². The molecule has 0 fully saturated rings. The molecule has 0 aliphatic carbocycles. The van der Waals surface area contributed by atoms with Crippen LogP contribution in [0.2, 0.25) is 0 Å². The molecule has 0 unspecified atom stereocenters. The zero-order chi connectivity index (χ0) is 14.4. The van der Waals surface area contributed by atoms with Gasteiger partial charge in [-0.15, -0.1) is 7.53 Å². The SMILES string of the molecule is Cp1cccc1.[C-]#[O+].[C-]#[O+].[C-]#[O+].[C-]#[O+].[C-]#[O+].[Mo]. The molecule has 0 amide bonds. The molecule has 0 radical (unpaired) electrons. The van der Waals surface area contributed by atoms with Gasteiger partial charge in [0.05, 0.1) is 0 Å². The van der Waals surface area contributed by atoms with Crippen LogP contribution in [-0.2, 0) is 51.0 Å². The summed E-state index contributed by atoms with van der Waals surface area (Å²) in [5.41, 5.74) is 0. The summed E-state index contributed by atoms with van der Waals surface area (Å²) in [6.07, 6.45) is 0. The Hall–Kier alpha value is -0.832. The zero-order valence-corrected chi connectivity index (χ0v) is 11.6. The van der Waals surface area contributed by atoms with Crippen LogP contribution in [0.15, 0.2) is 23.7 Å². The van der Waals surface area contributed by atoms with Crippen molar-refractivity contribution >= 4 is 7.53 Å². The minimum absolute atomic E-state index is 0. The van der Waals surface area contributed by atoms with Gasteiger partial charge in [-0.3, -0.25) is 0 Å². The van der Waals surface area contributed by atoms with Gasteiger partial charge in [0, 0.05) is 21.1 Å². The second kappa shape index (κ2) is 80.0. The van der Waals surface area contributed by atoms with Crippen molar-refractivity contribution in [3.05, 3.63) is 57.0 Å². The minimum Gasteiger partial charge on any atom is 0 e. The van der Waals surface area contributed by atoms with Crippen LogP contribution >= 0.6 is 7.53 Å². The predicted octanol–water partition coefficient (Wildman–Crippen LogP) is 2.02. The maximum atomic E-state index is 7.50. The van der Waals surface area contributed by atoms with Gasteiger partial charge < -0.3 is 0 Å². The molecule has 88 valence electrons. The Labute approximate surface area is 116 Å². The maximum Gasteiger partial charge on any atom is 0 e. The van der Waals surface area contributed by atoms with Crippen LogP contribution in [-0.4, -0.2) is 0 Å². The van der Waals surface area contributed by atoms with E-state index in [4.69, 9.17) is 23.3 Å². The van der Waals surface area contributed by atoms with Crippen molar-refractivity contribution < 1.29 is 44.3 Å². The van der Waals surface area contributed by atoms with E-state index in [1.165, 1.54) is 0 Å². The van der Waals surface area contributed by atoms with E-state index >= 15 is 0 Å². The first-order valence-electron chi connectivity index (χ1n) is 2.98. The Morgan fingerprint density at radius 2 is 0.824 bits per heavy atom. The summed E-state index contributed by atoms with van der Waals surface area (Å²) in [7, 11) is 0.174. The molecule has 0 saturated heterocycles. The second-order valence-corrected chi connectivity index (χ2v) is 3.28. The Kier molecular flexibility index (Phi) is 169. The van der Waals surface area contributed by atoms with E-state index in [0.717, 1.165) is 0 Å². The van der Waals surface area contributed by atoms with Crippen molar-refractivity contribution in [2.24, 2.45) is 6.66 Å². The molecule has 5 nitrogen and oxygen atoms in total. The molecular formula is C10H7MoO5P. The Morgan fingerprint density at radius 1 is 0.647 bits per heavy atom.